The number of imidazole rings is 2. The number of aryl methyl sites for hydroxylation is 1. The number of nitrogens with two attached hydrogens (primary N) is 2. The van der Waals surface area contributed by atoms with E-state index in [-0.39, 0.29) is 0 Å². The lowest BCUT2D eigenvalue weighted by atomic mass is 10.3. The molecule has 0 fully saturated rings. The molecule has 2 heterocycles. The Balaban J connectivity index is 0.000000166. The number of hydrogen-bond acceptors (Lipinski definition) is 6. The van der Waals surface area contributed by atoms with Crippen LogP contribution < -0.4 is 11.5 Å². The monoisotopic (exact) mass is 428 g/mol. The third kappa shape index (κ3) is 5.99. The van der Waals surface area contributed by atoms with Gasteiger partial charge in [-0.05, 0) is 50.2 Å². The van der Waals surface area contributed by atoms with Gasteiger partial charge in [-0.2, -0.15) is 0 Å². The molecular formula is C21H28N6S2. The van der Waals surface area contributed by atoms with Gasteiger partial charge in [0.2, 0.25) is 0 Å². The predicted molar refractivity (Wildman–Crippen MR) is 126 cm³/mol. The quantitative estimate of drug-likeness (QED) is 0.290. The van der Waals surface area contributed by atoms with Crippen molar-refractivity contribution < 1.29 is 0 Å². The van der Waals surface area contributed by atoms with Crippen LogP contribution in [0.15, 0.2) is 58.8 Å². The van der Waals surface area contributed by atoms with Gasteiger partial charge < -0.3 is 21.0 Å². The standard InChI is InChI=1S/C11H15N3S.C10H13N3S/c1-14-10-6-3-2-5-9(10)13-11(14)15-8-4-7-12;11-6-3-7-14-10-12-8-4-1-2-5-9(8)13-10/h2-3,5-6H,4,7-8,12H2,1H3;1-2,4-5H,3,6-7,11H2,(H,12,13). The first-order valence-electron chi connectivity index (χ1n) is 9.75. The van der Waals surface area contributed by atoms with Crippen LogP contribution in [0.5, 0.6) is 0 Å². The minimum Gasteiger partial charge on any atom is -0.333 e. The number of para-hydroxylation sites is 4. The van der Waals surface area contributed by atoms with Crippen LogP contribution in [0.1, 0.15) is 12.8 Å². The van der Waals surface area contributed by atoms with E-state index < -0.39 is 0 Å². The maximum atomic E-state index is 5.47. The molecule has 0 aliphatic rings. The van der Waals surface area contributed by atoms with Gasteiger partial charge in [0.15, 0.2) is 10.3 Å². The minimum absolute atomic E-state index is 0.743. The average molecular weight is 429 g/mol. The van der Waals surface area contributed by atoms with Crippen LogP contribution in [0.25, 0.3) is 22.1 Å². The van der Waals surface area contributed by atoms with Crippen LogP contribution in [0, 0.1) is 0 Å². The summed E-state index contributed by atoms with van der Waals surface area (Å²) in [7, 11) is 2.06. The number of H-pyrrole nitrogens is 1. The highest BCUT2D eigenvalue weighted by Gasteiger charge is 2.06. The second-order valence-corrected chi connectivity index (χ2v) is 8.63. The van der Waals surface area contributed by atoms with Crippen molar-refractivity contribution in [3.63, 3.8) is 0 Å². The molecule has 4 rings (SSSR count). The number of benzene rings is 2. The summed E-state index contributed by atoms with van der Waals surface area (Å²) in [6.07, 6.45) is 2.07. The number of hydrogen-bond donors (Lipinski definition) is 3. The second-order valence-electron chi connectivity index (χ2n) is 6.48. The number of nitrogens with one attached hydrogen (secondary N) is 1. The molecule has 6 nitrogen and oxygen atoms in total. The summed E-state index contributed by atoms with van der Waals surface area (Å²) >= 11 is 3.49. The fourth-order valence-corrected chi connectivity index (χ4v) is 4.55. The predicted octanol–water partition coefficient (Wildman–Crippen LogP) is 4.02. The van der Waals surface area contributed by atoms with Crippen LogP contribution in [0.2, 0.25) is 0 Å². The number of rotatable bonds is 8. The Morgan fingerprint density at radius 2 is 1.52 bits per heavy atom. The van der Waals surface area contributed by atoms with Crippen LogP contribution in [-0.2, 0) is 7.05 Å². The highest BCUT2D eigenvalue weighted by Crippen LogP contribution is 2.22. The Morgan fingerprint density at radius 1 is 0.862 bits per heavy atom. The lowest BCUT2D eigenvalue weighted by Gasteiger charge is -2.00. The molecule has 2 aromatic carbocycles. The first kappa shape index (κ1) is 21.7. The van der Waals surface area contributed by atoms with Gasteiger partial charge in [0, 0.05) is 18.6 Å². The maximum absolute atomic E-state index is 5.47. The van der Waals surface area contributed by atoms with Crippen molar-refractivity contribution in [2.75, 3.05) is 24.6 Å². The van der Waals surface area contributed by atoms with Gasteiger partial charge in [-0.3, -0.25) is 0 Å². The fourth-order valence-electron chi connectivity index (χ4n) is 2.75. The minimum atomic E-state index is 0.743. The van der Waals surface area contributed by atoms with Crippen molar-refractivity contribution in [1.82, 2.24) is 19.5 Å². The van der Waals surface area contributed by atoms with Crippen molar-refractivity contribution in [2.45, 2.75) is 23.2 Å². The molecule has 4 aromatic rings. The van der Waals surface area contributed by atoms with Crippen LogP contribution >= 0.6 is 23.5 Å². The first-order valence-corrected chi connectivity index (χ1v) is 11.7. The van der Waals surface area contributed by atoms with E-state index in [0.717, 1.165) is 64.3 Å². The molecule has 0 unspecified atom stereocenters. The summed E-state index contributed by atoms with van der Waals surface area (Å²) < 4.78 is 2.14. The second kappa shape index (κ2) is 11.3. The highest BCUT2D eigenvalue weighted by atomic mass is 32.2. The van der Waals surface area contributed by atoms with Gasteiger partial charge in [-0.15, -0.1) is 0 Å². The lowest BCUT2D eigenvalue weighted by Crippen LogP contribution is -2.00. The molecule has 0 aliphatic heterocycles. The van der Waals surface area contributed by atoms with Gasteiger partial charge in [-0.1, -0.05) is 47.8 Å². The summed E-state index contributed by atoms with van der Waals surface area (Å²) in [5, 5.41) is 2.06. The van der Waals surface area contributed by atoms with E-state index in [2.05, 4.69) is 32.6 Å². The molecule has 0 amide bonds. The lowest BCUT2D eigenvalue weighted by molar-refractivity contribution is 0.812. The topological polar surface area (TPSA) is 98.5 Å². The molecule has 0 saturated carbocycles. The summed E-state index contributed by atoms with van der Waals surface area (Å²) in [5.74, 6) is 2.06. The number of fused-ring (bicyclic) bond motifs is 2. The van der Waals surface area contributed by atoms with Crippen LogP contribution in [-0.4, -0.2) is 44.1 Å². The van der Waals surface area contributed by atoms with Gasteiger partial charge in [-0.25, -0.2) is 9.97 Å². The molecule has 0 spiro atoms. The van der Waals surface area contributed by atoms with E-state index in [1.54, 1.807) is 23.5 Å². The molecule has 8 heteroatoms. The number of thioether (sulfide) groups is 2. The van der Waals surface area contributed by atoms with E-state index in [1.807, 2.05) is 42.5 Å². The normalized spacial score (nSPS) is 11.0. The Hall–Kier alpha value is -2.00. The van der Waals surface area contributed by atoms with Crippen molar-refractivity contribution in [2.24, 2.45) is 18.5 Å². The Morgan fingerprint density at radius 3 is 2.21 bits per heavy atom. The number of aromatic amines is 1. The zero-order chi connectivity index (χ0) is 20.5. The van der Waals surface area contributed by atoms with E-state index in [4.69, 9.17) is 11.5 Å². The summed E-state index contributed by atoms with van der Waals surface area (Å²) in [6.45, 7) is 1.49. The molecular weight excluding hydrogens is 400 g/mol. The van der Waals surface area contributed by atoms with E-state index in [9.17, 15) is 0 Å². The fraction of sp³-hybridized carbons (Fsp3) is 0.333. The molecule has 5 N–H and O–H groups in total. The Kier molecular flexibility index (Phi) is 8.42. The molecule has 154 valence electrons. The third-order valence-electron chi connectivity index (χ3n) is 4.28. The van der Waals surface area contributed by atoms with Crippen LogP contribution in [0.3, 0.4) is 0 Å². The van der Waals surface area contributed by atoms with Gasteiger partial charge in [0.25, 0.3) is 0 Å². The van der Waals surface area contributed by atoms with Crippen molar-refractivity contribution in [3.8, 4) is 0 Å². The van der Waals surface area contributed by atoms with E-state index >= 15 is 0 Å². The molecule has 2 aromatic heterocycles. The van der Waals surface area contributed by atoms with Crippen molar-refractivity contribution >= 4 is 45.6 Å². The van der Waals surface area contributed by atoms with Gasteiger partial charge >= 0.3 is 0 Å². The molecule has 0 radical (unpaired) electrons. The Labute approximate surface area is 179 Å². The summed E-state index contributed by atoms with van der Waals surface area (Å²) in [5.41, 5.74) is 15.3. The SMILES string of the molecule is Cn1c(SCCCN)nc2ccccc21.NCCCSc1nc2ccccc2[nH]1. The summed E-state index contributed by atoms with van der Waals surface area (Å²) in [4.78, 5) is 12.3. The van der Waals surface area contributed by atoms with E-state index in [1.165, 1.54) is 5.52 Å². The molecule has 29 heavy (non-hydrogen) atoms. The van der Waals surface area contributed by atoms with Crippen molar-refractivity contribution in [3.05, 3.63) is 48.5 Å². The Bertz CT molecular complexity index is 993. The zero-order valence-electron chi connectivity index (χ0n) is 16.7. The number of aromatic nitrogens is 4. The molecule has 0 saturated heterocycles. The molecule has 0 atom stereocenters. The van der Waals surface area contributed by atoms with Gasteiger partial charge in [0.05, 0.1) is 22.1 Å². The van der Waals surface area contributed by atoms with Crippen LogP contribution in [0.4, 0.5) is 0 Å². The smallest absolute Gasteiger partial charge is 0.168 e. The van der Waals surface area contributed by atoms with E-state index in [0.29, 0.717) is 0 Å². The first-order chi connectivity index (χ1) is 14.2. The number of nitrogens with zero attached hydrogens (tertiary/aromatic N) is 3. The highest BCUT2D eigenvalue weighted by molar-refractivity contribution is 7.99. The summed E-state index contributed by atoms with van der Waals surface area (Å²) in [6, 6.07) is 16.3. The third-order valence-corrected chi connectivity index (χ3v) is 6.36. The maximum Gasteiger partial charge on any atom is 0.168 e. The molecule has 0 aliphatic carbocycles. The van der Waals surface area contributed by atoms with Gasteiger partial charge in [0.1, 0.15) is 0 Å². The van der Waals surface area contributed by atoms with Crippen molar-refractivity contribution in [1.29, 1.82) is 0 Å². The molecule has 0 bridgehead atoms. The average Bonchev–Trinajstić information content (AvgIpc) is 3.30. The zero-order valence-corrected chi connectivity index (χ0v) is 18.3. The largest absolute Gasteiger partial charge is 0.333 e.